The van der Waals surface area contributed by atoms with Crippen LogP contribution in [0.5, 0.6) is 0 Å². The van der Waals surface area contributed by atoms with Crippen LogP contribution in [0.2, 0.25) is 0 Å². The predicted molar refractivity (Wildman–Crippen MR) is 102 cm³/mol. The lowest BCUT2D eigenvalue weighted by molar-refractivity contribution is -0.125. The fourth-order valence-electron chi connectivity index (χ4n) is 3.61. The molecule has 1 N–H and O–H groups in total. The lowest BCUT2D eigenvalue weighted by Gasteiger charge is -2.31. The average molecular weight is 349 g/mol. The number of hydrogen-bond acceptors (Lipinski definition) is 4. The van der Waals surface area contributed by atoms with Crippen LogP contribution in [0.1, 0.15) is 12.8 Å². The first-order valence-corrected chi connectivity index (χ1v) is 9.15. The minimum Gasteiger partial charge on any atom is -0.354 e. The van der Waals surface area contributed by atoms with Gasteiger partial charge in [-0.15, -0.1) is 0 Å². The van der Waals surface area contributed by atoms with Crippen molar-refractivity contribution in [2.45, 2.75) is 19.4 Å². The topological polar surface area (TPSA) is 63.1 Å². The summed E-state index contributed by atoms with van der Waals surface area (Å²) in [5, 5.41) is 4.33. The largest absolute Gasteiger partial charge is 0.354 e. The second kappa shape index (κ2) is 7.56. The van der Waals surface area contributed by atoms with Crippen LogP contribution in [0.4, 0.5) is 5.95 Å². The molecular formula is C20H23N5O. The van der Waals surface area contributed by atoms with Crippen LogP contribution in [-0.4, -0.2) is 40.1 Å². The molecule has 134 valence electrons. The molecule has 1 amide bonds. The number of para-hydroxylation sites is 1. The Morgan fingerprint density at radius 1 is 1.15 bits per heavy atom. The molecule has 0 radical (unpaired) electrons. The molecule has 4 rings (SSSR count). The Kier molecular flexibility index (Phi) is 4.82. The number of piperidine rings is 1. The number of anilines is 1. The molecule has 1 aliphatic rings. The summed E-state index contributed by atoms with van der Waals surface area (Å²) in [6.45, 7) is 3.00. The standard InChI is InChI=1S/C20H23N5O/c26-19(17-6-3-12-25(15-17)20-22-9-4-10-23-20)21-11-14-24-13-8-16-5-1-2-7-18(16)24/h1-2,4-5,7-10,13,17H,3,6,11-12,14-15H2,(H,21,26). The van der Waals surface area contributed by atoms with Crippen LogP contribution in [0.3, 0.4) is 0 Å². The highest BCUT2D eigenvalue weighted by Gasteiger charge is 2.26. The maximum atomic E-state index is 12.6. The van der Waals surface area contributed by atoms with Crippen molar-refractivity contribution in [3.8, 4) is 0 Å². The zero-order chi connectivity index (χ0) is 17.8. The van der Waals surface area contributed by atoms with Crippen LogP contribution in [-0.2, 0) is 11.3 Å². The molecule has 6 heteroatoms. The Morgan fingerprint density at radius 3 is 2.88 bits per heavy atom. The molecule has 3 heterocycles. The Morgan fingerprint density at radius 2 is 2.00 bits per heavy atom. The first-order chi connectivity index (χ1) is 12.8. The third kappa shape index (κ3) is 3.54. The normalized spacial score (nSPS) is 17.4. The summed E-state index contributed by atoms with van der Waals surface area (Å²) in [6, 6.07) is 12.2. The van der Waals surface area contributed by atoms with Crippen LogP contribution in [0.25, 0.3) is 10.9 Å². The van der Waals surface area contributed by atoms with E-state index in [-0.39, 0.29) is 11.8 Å². The number of benzene rings is 1. The van der Waals surface area contributed by atoms with Crippen LogP contribution < -0.4 is 10.2 Å². The van der Waals surface area contributed by atoms with Crippen molar-refractivity contribution in [2.24, 2.45) is 5.92 Å². The van der Waals surface area contributed by atoms with Gasteiger partial charge in [0.1, 0.15) is 0 Å². The maximum absolute atomic E-state index is 12.6. The minimum absolute atomic E-state index is 0.00559. The molecule has 1 saturated heterocycles. The van der Waals surface area contributed by atoms with Gasteiger partial charge >= 0.3 is 0 Å². The number of rotatable bonds is 5. The molecular weight excluding hydrogens is 326 g/mol. The van der Waals surface area contributed by atoms with E-state index in [1.165, 1.54) is 10.9 Å². The van der Waals surface area contributed by atoms with Gasteiger partial charge in [-0.1, -0.05) is 18.2 Å². The van der Waals surface area contributed by atoms with Crippen LogP contribution in [0, 0.1) is 5.92 Å². The number of nitrogens with zero attached hydrogens (tertiary/aromatic N) is 4. The van der Waals surface area contributed by atoms with Crippen molar-refractivity contribution in [3.63, 3.8) is 0 Å². The average Bonchev–Trinajstić information content (AvgIpc) is 3.12. The molecule has 1 aromatic carbocycles. The molecule has 3 aromatic rings. The van der Waals surface area contributed by atoms with Gasteiger partial charge in [0.15, 0.2) is 0 Å². The quantitative estimate of drug-likeness (QED) is 0.769. The van der Waals surface area contributed by atoms with Crippen molar-refractivity contribution in [1.82, 2.24) is 19.9 Å². The third-order valence-corrected chi connectivity index (χ3v) is 4.96. The molecule has 1 atom stereocenters. The summed E-state index contributed by atoms with van der Waals surface area (Å²) in [7, 11) is 0. The number of carbonyl (C=O) groups is 1. The van der Waals surface area contributed by atoms with Gasteiger partial charge in [-0.2, -0.15) is 0 Å². The van der Waals surface area contributed by atoms with E-state index in [9.17, 15) is 4.79 Å². The molecule has 0 spiro atoms. The van der Waals surface area contributed by atoms with Crippen molar-refractivity contribution in [3.05, 3.63) is 55.0 Å². The van der Waals surface area contributed by atoms with E-state index < -0.39 is 0 Å². The fraction of sp³-hybridized carbons (Fsp3) is 0.350. The monoisotopic (exact) mass is 349 g/mol. The van der Waals surface area contributed by atoms with Gasteiger partial charge in [-0.3, -0.25) is 4.79 Å². The Labute approximate surface area is 152 Å². The van der Waals surface area contributed by atoms with Crippen LogP contribution >= 0.6 is 0 Å². The first kappa shape index (κ1) is 16.6. The lowest BCUT2D eigenvalue weighted by atomic mass is 9.97. The van der Waals surface area contributed by atoms with Gasteiger partial charge < -0.3 is 14.8 Å². The van der Waals surface area contributed by atoms with E-state index in [4.69, 9.17) is 0 Å². The van der Waals surface area contributed by atoms with Crippen molar-refractivity contribution >= 4 is 22.8 Å². The van der Waals surface area contributed by atoms with E-state index in [0.29, 0.717) is 19.0 Å². The van der Waals surface area contributed by atoms with Crippen molar-refractivity contribution in [2.75, 3.05) is 24.5 Å². The molecule has 1 unspecified atom stereocenters. The van der Waals surface area contributed by atoms with E-state index in [1.54, 1.807) is 12.4 Å². The summed E-state index contributed by atoms with van der Waals surface area (Å²) in [5.41, 5.74) is 1.20. The maximum Gasteiger partial charge on any atom is 0.225 e. The van der Waals surface area contributed by atoms with Gasteiger partial charge in [0, 0.05) is 50.3 Å². The zero-order valence-corrected chi connectivity index (χ0v) is 14.7. The van der Waals surface area contributed by atoms with Crippen molar-refractivity contribution < 1.29 is 4.79 Å². The Bertz CT molecular complexity index is 876. The third-order valence-electron chi connectivity index (χ3n) is 4.96. The van der Waals surface area contributed by atoms with Gasteiger partial charge in [-0.05, 0) is 36.4 Å². The number of carbonyl (C=O) groups excluding carboxylic acids is 1. The molecule has 2 aromatic heterocycles. The lowest BCUT2D eigenvalue weighted by Crippen LogP contribution is -2.44. The molecule has 1 aliphatic heterocycles. The Hall–Kier alpha value is -2.89. The number of amides is 1. The summed E-state index contributed by atoms with van der Waals surface area (Å²) in [5.74, 6) is 0.833. The highest BCUT2D eigenvalue weighted by molar-refractivity contribution is 5.80. The molecule has 0 bridgehead atoms. The second-order valence-electron chi connectivity index (χ2n) is 6.69. The predicted octanol–water partition coefficient (Wildman–Crippen LogP) is 2.46. The summed E-state index contributed by atoms with van der Waals surface area (Å²) >= 11 is 0. The minimum atomic E-state index is -0.00559. The van der Waals surface area contributed by atoms with E-state index in [2.05, 4.69) is 49.1 Å². The number of nitrogens with one attached hydrogen (secondary N) is 1. The molecule has 6 nitrogen and oxygen atoms in total. The van der Waals surface area contributed by atoms with Gasteiger partial charge in [0.2, 0.25) is 11.9 Å². The van der Waals surface area contributed by atoms with E-state index >= 15 is 0 Å². The number of aromatic nitrogens is 3. The zero-order valence-electron chi connectivity index (χ0n) is 14.7. The summed E-state index contributed by atoms with van der Waals surface area (Å²) in [6.07, 6.45) is 7.47. The molecule has 0 aliphatic carbocycles. The van der Waals surface area contributed by atoms with Gasteiger partial charge in [0.25, 0.3) is 0 Å². The fourth-order valence-corrected chi connectivity index (χ4v) is 3.61. The summed E-state index contributed by atoms with van der Waals surface area (Å²) < 4.78 is 2.18. The van der Waals surface area contributed by atoms with E-state index in [1.807, 2.05) is 18.2 Å². The number of fused-ring (bicyclic) bond motifs is 1. The SMILES string of the molecule is O=C(NCCn1ccc2ccccc21)C1CCCN(c2ncccn2)C1. The molecule has 26 heavy (non-hydrogen) atoms. The van der Waals surface area contributed by atoms with Gasteiger partial charge in [0.05, 0.1) is 5.92 Å². The highest BCUT2D eigenvalue weighted by Crippen LogP contribution is 2.20. The van der Waals surface area contributed by atoms with Crippen molar-refractivity contribution in [1.29, 1.82) is 0 Å². The van der Waals surface area contributed by atoms with Crippen LogP contribution in [0.15, 0.2) is 55.0 Å². The summed E-state index contributed by atoms with van der Waals surface area (Å²) in [4.78, 5) is 23.3. The van der Waals surface area contributed by atoms with E-state index in [0.717, 1.165) is 25.9 Å². The Balaban J connectivity index is 1.32. The molecule has 1 fully saturated rings. The highest BCUT2D eigenvalue weighted by atomic mass is 16.1. The first-order valence-electron chi connectivity index (χ1n) is 9.15. The second-order valence-corrected chi connectivity index (χ2v) is 6.69. The number of hydrogen-bond donors (Lipinski definition) is 1. The van der Waals surface area contributed by atoms with Gasteiger partial charge in [-0.25, -0.2) is 9.97 Å². The molecule has 0 saturated carbocycles. The smallest absolute Gasteiger partial charge is 0.225 e.